The fourth-order valence-electron chi connectivity index (χ4n) is 1.84. The number of aryl methyl sites for hydroxylation is 1. The van der Waals surface area contributed by atoms with Gasteiger partial charge in [-0.15, -0.1) is 0 Å². The van der Waals surface area contributed by atoms with Crippen molar-refractivity contribution in [2.24, 2.45) is 0 Å². The van der Waals surface area contributed by atoms with Crippen LogP contribution >= 0.6 is 23.2 Å². The third-order valence-electron chi connectivity index (χ3n) is 3.15. The van der Waals surface area contributed by atoms with Crippen LogP contribution < -0.4 is 0 Å². The fourth-order valence-corrected chi connectivity index (χ4v) is 2.35. The zero-order valence-electron chi connectivity index (χ0n) is 12.2. The molecule has 0 bridgehead atoms. The molecule has 1 rings (SSSR count). The maximum absolute atomic E-state index is 12.0. The minimum Gasteiger partial charge on any atom is -0.469 e. The van der Waals surface area contributed by atoms with Gasteiger partial charge in [-0.05, 0) is 30.5 Å². The molecule has 0 saturated heterocycles. The van der Waals surface area contributed by atoms with E-state index >= 15 is 0 Å². The first-order valence-corrected chi connectivity index (χ1v) is 7.44. The molecular formula is C15H19Cl2NO3. The number of hydrogen-bond donors (Lipinski definition) is 0. The number of methoxy groups -OCH3 is 1. The Morgan fingerprint density at radius 1 is 1.24 bits per heavy atom. The number of halogens is 2. The van der Waals surface area contributed by atoms with Gasteiger partial charge in [-0.2, -0.15) is 0 Å². The Hall–Kier alpha value is -1.26. The lowest BCUT2D eigenvalue weighted by Crippen LogP contribution is -2.28. The van der Waals surface area contributed by atoms with Gasteiger partial charge < -0.3 is 9.64 Å². The standard InChI is InChI=1S/C15H19Cl2NO3/c1-18(9-3-4-15(20)21-2)14(19)8-6-11-5-7-12(16)10-13(11)17/h5,7,10H,3-4,6,8-9H2,1-2H3. The third-order valence-corrected chi connectivity index (χ3v) is 3.74. The third kappa shape index (κ3) is 6.36. The molecule has 0 heterocycles. The van der Waals surface area contributed by atoms with E-state index in [1.165, 1.54) is 7.11 Å². The van der Waals surface area contributed by atoms with Crippen molar-refractivity contribution in [3.8, 4) is 0 Å². The summed E-state index contributed by atoms with van der Waals surface area (Å²) in [5.41, 5.74) is 0.900. The second-order valence-electron chi connectivity index (χ2n) is 4.73. The Labute approximate surface area is 135 Å². The number of esters is 1. The Morgan fingerprint density at radius 2 is 1.95 bits per heavy atom. The van der Waals surface area contributed by atoms with E-state index < -0.39 is 0 Å². The zero-order chi connectivity index (χ0) is 15.8. The first kappa shape index (κ1) is 17.8. The number of rotatable bonds is 7. The molecule has 0 aromatic heterocycles. The molecule has 0 saturated carbocycles. The van der Waals surface area contributed by atoms with Gasteiger partial charge >= 0.3 is 5.97 Å². The monoisotopic (exact) mass is 331 g/mol. The highest BCUT2D eigenvalue weighted by Gasteiger charge is 2.11. The maximum Gasteiger partial charge on any atom is 0.305 e. The van der Waals surface area contributed by atoms with Gasteiger partial charge in [-0.25, -0.2) is 0 Å². The summed E-state index contributed by atoms with van der Waals surface area (Å²) < 4.78 is 4.55. The van der Waals surface area contributed by atoms with E-state index in [1.54, 1.807) is 24.1 Å². The summed E-state index contributed by atoms with van der Waals surface area (Å²) in [5.74, 6) is -0.241. The van der Waals surface area contributed by atoms with Gasteiger partial charge in [0.2, 0.25) is 5.91 Å². The molecule has 6 heteroatoms. The molecule has 0 unspecified atom stereocenters. The lowest BCUT2D eigenvalue weighted by atomic mass is 10.1. The second-order valence-corrected chi connectivity index (χ2v) is 5.57. The molecule has 1 amide bonds. The topological polar surface area (TPSA) is 46.6 Å². The Kier molecular flexibility index (Phi) is 7.54. The minimum absolute atomic E-state index is 0.0193. The summed E-state index contributed by atoms with van der Waals surface area (Å²) in [6.07, 6.45) is 1.85. The lowest BCUT2D eigenvalue weighted by molar-refractivity contribution is -0.141. The minimum atomic E-state index is -0.260. The van der Waals surface area contributed by atoms with E-state index in [0.717, 1.165) is 5.56 Å². The smallest absolute Gasteiger partial charge is 0.305 e. The van der Waals surface area contributed by atoms with E-state index in [1.807, 2.05) is 6.07 Å². The van der Waals surface area contributed by atoms with Gasteiger partial charge in [-0.3, -0.25) is 9.59 Å². The summed E-state index contributed by atoms with van der Waals surface area (Å²) in [7, 11) is 3.08. The summed E-state index contributed by atoms with van der Waals surface area (Å²) >= 11 is 11.9. The van der Waals surface area contributed by atoms with Crippen LogP contribution in [-0.4, -0.2) is 37.5 Å². The SMILES string of the molecule is COC(=O)CCCN(C)C(=O)CCc1ccc(Cl)cc1Cl. The van der Waals surface area contributed by atoms with Crippen molar-refractivity contribution in [3.05, 3.63) is 33.8 Å². The molecule has 0 aliphatic rings. The van der Waals surface area contributed by atoms with Gasteiger partial charge in [0.1, 0.15) is 0 Å². The molecule has 0 fully saturated rings. The van der Waals surface area contributed by atoms with Crippen molar-refractivity contribution >= 4 is 35.1 Å². The molecule has 21 heavy (non-hydrogen) atoms. The summed E-state index contributed by atoms with van der Waals surface area (Å²) in [6, 6.07) is 5.26. The molecular weight excluding hydrogens is 313 g/mol. The number of amides is 1. The Balaban J connectivity index is 2.37. The highest BCUT2D eigenvalue weighted by atomic mass is 35.5. The van der Waals surface area contributed by atoms with E-state index in [2.05, 4.69) is 4.74 Å². The van der Waals surface area contributed by atoms with Crippen molar-refractivity contribution in [3.63, 3.8) is 0 Å². The van der Waals surface area contributed by atoms with Crippen LogP contribution in [0.15, 0.2) is 18.2 Å². The average molecular weight is 332 g/mol. The van der Waals surface area contributed by atoms with Crippen LogP contribution in [0.2, 0.25) is 10.0 Å². The average Bonchev–Trinajstić information content (AvgIpc) is 2.45. The number of hydrogen-bond acceptors (Lipinski definition) is 3. The van der Waals surface area contributed by atoms with Crippen LogP contribution in [0.25, 0.3) is 0 Å². The van der Waals surface area contributed by atoms with Gasteiger partial charge in [0.15, 0.2) is 0 Å². The van der Waals surface area contributed by atoms with E-state index in [4.69, 9.17) is 23.2 Å². The predicted molar refractivity (Wildman–Crippen MR) is 83.7 cm³/mol. The first-order chi connectivity index (χ1) is 9.93. The van der Waals surface area contributed by atoms with Crippen molar-refractivity contribution in [2.75, 3.05) is 20.7 Å². The zero-order valence-corrected chi connectivity index (χ0v) is 13.7. The van der Waals surface area contributed by atoms with Gasteiger partial charge in [0.25, 0.3) is 0 Å². The molecule has 0 aliphatic heterocycles. The molecule has 1 aromatic rings. The van der Waals surface area contributed by atoms with E-state index in [9.17, 15) is 9.59 Å². The normalized spacial score (nSPS) is 10.3. The molecule has 0 radical (unpaired) electrons. The number of ether oxygens (including phenoxy) is 1. The quantitative estimate of drug-likeness (QED) is 0.720. The molecule has 0 N–H and O–H groups in total. The Morgan fingerprint density at radius 3 is 2.57 bits per heavy atom. The summed E-state index contributed by atoms with van der Waals surface area (Å²) in [6.45, 7) is 0.530. The van der Waals surface area contributed by atoms with Crippen LogP contribution in [0.4, 0.5) is 0 Å². The summed E-state index contributed by atoms with van der Waals surface area (Å²) in [5, 5.41) is 1.15. The van der Waals surface area contributed by atoms with E-state index in [0.29, 0.717) is 42.3 Å². The van der Waals surface area contributed by atoms with Crippen LogP contribution in [0.5, 0.6) is 0 Å². The summed E-state index contributed by atoms with van der Waals surface area (Å²) in [4.78, 5) is 24.6. The molecule has 1 aromatic carbocycles. The van der Waals surface area contributed by atoms with Crippen LogP contribution in [0.1, 0.15) is 24.8 Å². The number of nitrogens with zero attached hydrogens (tertiary/aromatic N) is 1. The fraction of sp³-hybridized carbons (Fsp3) is 0.467. The number of benzene rings is 1. The molecule has 4 nitrogen and oxygen atoms in total. The molecule has 116 valence electrons. The van der Waals surface area contributed by atoms with Gasteiger partial charge in [-0.1, -0.05) is 29.3 Å². The van der Waals surface area contributed by atoms with Crippen molar-refractivity contribution < 1.29 is 14.3 Å². The van der Waals surface area contributed by atoms with Gasteiger partial charge in [0.05, 0.1) is 7.11 Å². The second kappa shape index (κ2) is 8.90. The van der Waals surface area contributed by atoms with Crippen molar-refractivity contribution in [1.29, 1.82) is 0 Å². The predicted octanol–water partition coefficient (Wildman–Crippen LogP) is 3.34. The van der Waals surface area contributed by atoms with Crippen molar-refractivity contribution in [2.45, 2.75) is 25.7 Å². The highest BCUT2D eigenvalue weighted by Crippen LogP contribution is 2.22. The van der Waals surface area contributed by atoms with Crippen molar-refractivity contribution in [1.82, 2.24) is 4.90 Å². The first-order valence-electron chi connectivity index (χ1n) is 6.68. The van der Waals surface area contributed by atoms with Crippen LogP contribution in [-0.2, 0) is 20.7 Å². The van der Waals surface area contributed by atoms with Crippen LogP contribution in [0, 0.1) is 0 Å². The largest absolute Gasteiger partial charge is 0.469 e. The molecule has 0 atom stereocenters. The number of carbonyl (C=O) groups excluding carboxylic acids is 2. The molecule has 0 spiro atoms. The number of carbonyl (C=O) groups is 2. The Bertz CT molecular complexity index is 506. The van der Waals surface area contributed by atoms with E-state index in [-0.39, 0.29) is 11.9 Å². The highest BCUT2D eigenvalue weighted by molar-refractivity contribution is 6.35. The molecule has 0 aliphatic carbocycles. The van der Waals surface area contributed by atoms with Crippen LogP contribution in [0.3, 0.4) is 0 Å². The lowest BCUT2D eigenvalue weighted by Gasteiger charge is -2.17. The maximum atomic E-state index is 12.0. The van der Waals surface area contributed by atoms with Gasteiger partial charge in [0, 0.05) is 36.5 Å².